The molecule has 0 aliphatic rings. The molecular formula is C19H16BrNO3. The first-order chi connectivity index (χ1) is 11.6. The number of ether oxygens (including phenoxy) is 2. The van der Waals surface area contributed by atoms with Crippen molar-refractivity contribution in [2.45, 2.75) is 6.92 Å². The monoisotopic (exact) mass is 385 g/mol. The van der Waals surface area contributed by atoms with Crippen molar-refractivity contribution in [1.82, 2.24) is 0 Å². The Morgan fingerprint density at radius 3 is 2.42 bits per heavy atom. The molecule has 122 valence electrons. The molecule has 0 aromatic heterocycles. The van der Waals surface area contributed by atoms with Crippen molar-refractivity contribution in [2.24, 2.45) is 0 Å². The van der Waals surface area contributed by atoms with Gasteiger partial charge in [-0.05, 0) is 48.4 Å². The molecule has 0 aliphatic heterocycles. The largest absolute Gasteiger partial charge is 0.482 e. The SMILES string of the molecule is CCOC(=O)COc1ccc(/C=C(/C#N)c2ccc(Br)cc2)cc1. The first kappa shape index (κ1) is 17.8. The van der Waals surface area contributed by atoms with Gasteiger partial charge in [-0.1, -0.05) is 40.2 Å². The Morgan fingerprint density at radius 2 is 1.83 bits per heavy atom. The van der Waals surface area contributed by atoms with Crippen LogP contribution in [0.5, 0.6) is 5.75 Å². The number of carbonyl (C=O) groups is 1. The van der Waals surface area contributed by atoms with Gasteiger partial charge >= 0.3 is 5.97 Å². The summed E-state index contributed by atoms with van der Waals surface area (Å²) < 4.78 is 11.1. The van der Waals surface area contributed by atoms with Crippen LogP contribution in [0.1, 0.15) is 18.1 Å². The topological polar surface area (TPSA) is 59.3 Å². The molecule has 0 saturated heterocycles. The van der Waals surface area contributed by atoms with Gasteiger partial charge in [0.05, 0.1) is 18.2 Å². The summed E-state index contributed by atoms with van der Waals surface area (Å²) in [6.45, 7) is 1.96. The third-order valence-corrected chi connectivity index (χ3v) is 3.66. The van der Waals surface area contributed by atoms with Crippen molar-refractivity contribution in [1.29, 1.82) is 5.26 Å². The predicted octanol–water partition coefficient (Wildman–Crippen LogP) is 4.46. The molecule has 0 radical (unpaired) electrons. The van der Waals surface area contributed by atoms with Gasteiger partial charge < -0.3 is 9.47 Å². The van der Waals surface area contributed by atoms with E-state index in [9.17, 15) is 10.1 Å². The molecule has 24 heavy (non-hydrogen) atoms. The summed E-state index contributed by atoms with van der Waals surface area (Å²) in [6.07, 6.45) is 1.80. The van der Waals surface area contributed by atoms with Crippen LogP contribution in [0.2, 0.25) is 0 Å². The summed E-state index contributed by atoms with van der Waals surface area (Å²) in [5, 5.41) is 9.35. The minimum absolute atomic E-state index is 0.120. The van der Waals surface area contributed by atoms with Crippen molar-refractivity contribution in [3.8, 4) is 11.8 Å². The van der Waals surface area contributed by atoms with Crippen LogP contribution in [0.3, 0.4) is 0 Å². The minimum atomic E-state index is -0.400. The Morgan fingerprint density at radius 1 is 1.17 bits per heavy atom. The summed E-state index contributed by atoms with van der Waals surface area (Å²) in [5.41, 5.74) is 2.30. The molecule has 4 nitrogen and oxygen atoms in total. The molecule has 0 fully saturated rings. The zero-order chi connectivity index (χ0) is 17.4. The van der Waals surface area contributed by atoms with E-state index in [1.54, 1.807) is 25.1 Å². The fraction of sp³-hybridized carbons (Fsp3) is 0.158. The predicted molar refractivity (Wildman–Crippen MR) is 96.2 cm³/mol. The third kappa shape index (κ3) is 5.25. The molecule has 0 atom stereocenters. The normalized spacial score (nSPS) is 10.8. The van der Waals surface area contributed by atoms with E-state index in [0.29, 0.717) is 17.9 Å². The summed E-state index contributed by atoms with van der Waals surface area (Å²) in [7, 11) is 0. The van der Waals surface area contributed by atoms with Crippen LogP contribution in [0.4, 0.5) is 0 Å². The number of nitriles is 1. The zero-order valence-electron chi connectivity index (χ0n) is 13.2. The standard InChI is InChI=1S/C19H16BrNO3/c1-2-23-19(22)13-24-18-9-3-14(4-10-18)11-16(12-21)15-5-7-17(20)8-6-15/h3-11H,2,13H2,1H3/b16-11-. The first-order valence-corrected chi connectivity index (χ1v) is 8.18. The van der Waals surface area contributed by atoms with Gasteiger partial charge in [-0.25, -0.2) is 4.79 Å². The summed E-state index contributed by atoms with van der Waals surface area (Å²) in [6, 6.07) is 16.9. The van der Waals surface area contributed by atoms with Crippen molar-refractivity contribution < 1.29 is 14.3 Å². The number of benzene rings is 2. The number of esters is 1. The second-order valence-corrected chi connectivity index (χ2v) is 5.76. The van der Waals surface area contributed by atoms with E-state index in [-0.39, 0.29) is 6.61 Å². The zero-order valence-corrected chi connectivity index (χ0v) is 14.7. The third-order valence-electron chi connectivity index (χ3n) is 3.13. The maximum absolute atomic E-state index is 11.3. The highest BCUT2D eigenvalue weighted by Crippen LogP contribution is 2.21. The van der Waals surface area contributed by atoms with E-state index in [1.807, 2.05) is 36.4 Å². The summed E-state index contributed by atoms with van der Waals surface area (Å²) in [4.78, 5) is 11.3. The second kappa shape index (κ2) is 8.90. The van der Waals surface area contributed by atoms with Crippen LogP contribution in [0, 0.1) is 11.3 Å². The Bertz CT molecular complexity index is 759. The van der Waals surface area contributed by atoms with Crippen LogP contribution in [0.15, 0.2) is 53.0 Å². The molecule has 0 bridgehead atoms. The maximum atomic E-state index is 11.3. The van der Waals surface area contributed by atoms with Crippen LogP contribution >= 0.6 is 15.9 Å². The number of carbonyl (C=O) groups excluding carboxylic acids is 1. The highest BCUT2D eigenvalue weighted by Gasteiger charge is 2.04. The lowest BCUT2D eigenvalue weighted by molar-refractivity contribution is -0.145. The van der Waals surface area contributed by atoms with Crippen LogP contribution in [0.25, 0.3) is 11.6 Å². The Balaban J connectivity index is 2.07. The minimum Gasteiger partial charge on any atom is -0.482 e. The average molecular weight is 386 g/mol. The van der Waals surface area contributed by atoms with E-state index < -0.39 is 5.97 Å². The number of allylic oxidation sites excluding steroid dienone is 1. The molecule has 0 unspecified atom stereocenters. The maximum Gasteiger partial charge on any atom is 0.344 e. The van der Waals surface area contributed by atoms with Crippen LogP contribution < -0.4 is 4.74 Å². The molecule has 2 aromatic rings. The smallest absolute Gasteiger partial charge is 0.344 e. The van der Waals surface area contributed by atoms with Gasteiger partial charge in [0.25, 0.3) is 0 Å². The number of halogens is 1. The van der Waals surface area contributed by atoms with E-state index in [2.05, 4.69) is 22.0 Å². The molecule has 2 aromatic carbocycles. The van der Waals surface area contributed by atoms with Gasteiger partial charge in [-0.2, -0.15) is 5.26 Å². The number of nitrogens with zero attached hydrogens (tertiary/aromatic N) is 1. The quantitative estimate of drug-likeness (QED) is 0.418. The van der Waals surface area contributed by atoms with Gasteiger partial charge in [-0.3, -0.25) is 0 Å². The summed E-state index contributed by atoms with van der Waals surface area (Å²) in [5.74, 6) is 0.172. The first-order valence-electron chi connectivity index (χ1n) is 7.38. The van der Waals surface area contributed by atoms with Gasteiger partial charge in [0, 0.05) is 4.47 Å². The van der Waals surface area contributed by atoms with Crippen molar-refractivity contribution >= 4 is 33.5 Å². The second-order valence-electron chi connectivity index (χ2n) is 4.84. The fourth-order valence-electron chi connectivity index (χ4n) is 1.98. The Kier molecular flexibility index (Phi) is 6.59. The van der Waals surface area contributed by atoms with E-state index in [0.717, 1.165) is 15.6 Å². The van der Waals surface area contributed by atoms with E-state index >= 15 is 0 Å². The Labute approximate surface area is 149 Å². The molecule has 0 aliphatic carbocycles. The van der Waals surface area contributed by atoms with Crippen molar-refractivity contribution in [3.63, 3.8) is 0 Å². The van der Waals surface area contributed by atoms with Crippen molar-refractivity contribution in [3.05, 3.63) is 64.1 Å². The molecule has 2 rings (SSSR count). The van der Waals surface area contributed by atoms with Gasteiger partial charge in [-0.15, -0.1) is 0 Å². The molecule has 5 heteroatoms. The highest BCUT2D eigenvalue weighted by molar-refractivity contribution is 9.10. The van der Waals surface area contributed by atoms with Crippen LogP contribution in [-0.2, 0) is 9.53 Å². The van der Waals surface area contributed by atoms with Crippen molar-refractivity contribution in [2.75, 3.05) is 13.2 Å². The molecule has 0 heterocycles. The average Bonchev–Trinajstić information content (AvgIpc) is 2.60. The lowest BCUT2D eigenvalue weighted by Gasteiger charge is -2.06. The van der Waals surface area contributed by atoms with Gasteiger partial charge in [0.15, 0.2) is 6.61 Å². The lowest BCUT2D eigenvalue weighted by atomic mass is 10.0. The molecule has 0 amide bonds. The number of hydrogen-bond acceptors (Lipinski definition) is 4. The molecule has 0 N–H and O–H groups in total. The fourth-order valence-corrected chi connectivity index (χ4v) is 2.25. The molecule has 0 saturated carbocycles. The molecular weight excluding hydrogens is 370 g/mol. The van der Waals surface area contributed by atoms with E-state index in [1.165, 1.54) is 0 Å². The summed E-state index contributed by atoms with van der Waals surface area (Å²) >= 11 is 3.38. The highest BCUT2D eigenvalue weighted by atomic mass is 79.9. The van der Waals surface area contributed by atoms with E-state index in [4.69, 9.17) is 9.47 Å². The lowest BCUT2D eigenvalue weighted by Crippen LogP contribution is -2.14. The molecule has 0 spiro atoms. The van der Waals surface area contributed by atoms with Crippen LogP contribution in [-0.4, -0.2) is 19.2 Å². The Hall–Kier alpha value is -2.58. The van der Waals surface area contributed by atoms with Gasteiger partial charge in [0.2, 0.25) is 0 Å². The number of hydrogen-bond donors (Lipinski definition) is 0. The van der Waals surface area contributed by atoms with Gasteiger partial charge in [0.1, 0.15) is 5.75 Å². The number of rotatable bonds is 6.